The van der Waals surface area contributed by atoms with E-state index in [0.29, 0.717) is 13.0 Å². The number of amides is 1. The first kappa shape index (κ1) is 14.2. The molecule has 0 aromatic heterocycles. The highest BCUT2D eigenvalue weighted by Gasteiger charge is 2.12. The molecule has 2 atom stereocenters. The molecule has 1 aromatic carbocycles. The minimum atomic E-state index is 0.0413. The van der Waals surface area contributed by atoms with Crippen LogP contribution in [-0.4, -0.2) is 18.5 Å². The van der Waals surface area contributed by atoms with Gasteiger partial charge >= 0.3 is 0 Å². The molecule has 3 nitrogen and oxygen atoms in total. The fourth-order valence-corrected chi connectivity index (χ4v) is 1.84. The largest absolute Gasteiger partial charge is 0.352 e. The Bertz CT molecular complexity index is 364. The molecule has 4 heteroatoms. The quantitative estimate of drug-likeness (QED) is 0.877. The second-order valence-corrected chi connectivity index (χ2v) is 5.28. The van der Waals surface area contributed by atoms with Crippen LogP contribution >= 0.6 is 15.9 Å². The summed E-state index contributed by atoms with van der Waals surface area (Å²) in [5.41, 5.74) is 6.63. The Balaban J connectivity index is 2.51. The number of nitrogens with one attached hydrogen (secondary N) is 1. The summed E-state index contributed by atoms with van der Waals surface area (Å²) in [6.45, 7) is 4.43. The molecule has 0 radical (unpaired) electrons. The van der Waals surface area contributed by atoms with Crippen LogP contribution in [0.4, 0.5) is 0 Å². The molecule has 17 heavy (non-hydrogen) atoms. The van der Waals surface area contributed by atoms with Crippen molar-refractivity contribution in [1.82, 2.24) is 5.32 Å². The summed E-state index contributed by atoms with van der Waals surface area (Å²) < 4.78 is 1.05. The number of carbonyl (C=O) groups excluding carboxylic acids is 1. The predicted molar refractivity (Wildman–Crippen MR) is 73.8 cm³/mol. The highest BCUT2D eigenvalue weighted by Crippen LogP contribution is 2.21. The van der Waals surface area contributed by atoms with E-state index in [1.807, 2.05) is 31.2 Å². The molecule has 0 saturated heterocycles. The molecule has 1 amide bonds. The molecule has 1 unspecified atom stereocenters. The predicted octanol–water partition coefficient (Wildman–Crippen LogP) is 2.41. The van der Waals surface area contributed by atoms with Gasteiger partial charge < -0.3 is 11.1 Å². The second-order valence-electron chi connectivity index (χ2n) is 4.36. The van der Waals surface area contributed by atoms with Crippen molar-refractivity contribution in [2.45, 2.75) is 32.2 Å². The molecule has 0 fully saturated rings. The van der Waals surface area contributed by atoms with Crippen LogP contribution in [0.15, 0.2) is 28.7 Å². The lowest BCUT2D eigenvalue weighted by atomic mass is 9.97. The normalized spacial score (nSPS) is 14.1. The average molecular weight is 299 g/mol. The topological polar surface area (TPSA) is 55.1 Å². The number of hydrogen-bond donors (Lipinski definition) is 2. The summed E-state index contributed by atoms with van der Waals surface area (Å²) in [5.74, 6) is 0.270. The van der Waals surface area contributed by atoms with Crippen LogP contribution in [0.1, 0.15) is 31.7 Å². The Morgan fingerprint density at radius 2 is 1.94 bits per heavy atom. The molecule has 0 spiro atoms. The third kappa shape index (κ3) is 4.88. The number of halogens is 1. The third-order valence-electron chi connectivity index (χ3n) is 2.69. The van der Waals surface area contributed by atoms with Gasteiger partial charge in [-0.1, -0.05) is 35.0 Å². The van der Waals surface area contributed by atoms with E-state index in [4.69, 9.17) is 5.73 Å². The average Bonchev–Trinajstić information content (AvgIpc) is 2.29. The van der Waals surface area contributed by atoms with Gasteiger partial charge in [0.2, 0.25) is 5.91 Å². The zero-order valence-corrected chi connectivity index (χ0v) is 11.8. The second kappa shape index (κ2) is 6.77. The van der Waals surface area contributed by atoms with Gasteiger partial charge in [-0.05, 0) is 30.5 Å². The Labute approximate surface area is 111 Å². The van der Waals surface area contributed by atoms with Gasteiger partial charge in [0.25, 0.3) is 0 Å². The summed E-state index contributed by atoms with van der Waals surface area (Å²) >= 11 is 3.39. The first-order valence-corrected chi connectivity index (χ1v) is 6.57. The van der Waals surface area contributed by atoms with E-state index in [-0.39, 0.29) is 17.9 Å². The zero-order chi connectivity index (χ0) is 12.8. The summed E-state index contributed by atoms with van der Waals surface area (Å²) in [5, 5.41) is 2.87. The molecule has 0 aliphatic heterocycles. The van der Waals surface area contributed by atoms with Crippen LogP contribution in [0.25, 0.3) is 0 Å². The summed E-state index contributed by atoms with van der Waals surface area (Å²) in [7, 11) is 0. The maximum absolute atomic E-state index is 11.7. The van der Waals surface area contributed by atoms with Crippen molar-refractivity contribution in [1.29, 1.82) is 0 Å². The number of hydrogen-bond acceptors (Lipinski definition) is 2. The number of benzene rings is 1. The highest BCUT2D eigenvalue weighted by atomic mass is 79.9. The van der Waals surface area contributed by atoms with E-state index >= 15 is 0 Å². The van der Waals surface area contributed by atoms with E-state index in [1.54, 1.807) is 0 Å². The van der Waals surface area contributed by atoms with Crippen molar-refractivity contribution < 1.29 is 4.79 Å². The van der Waals surface area contributed by atoms with Gasteiger partial charge in [-0.15, -0.1) is 0 Å². The van der Waals surface area contributed by atoms with Gasteiger partial charge in [-0.2, -0.15) is 0 Å². The molecule has 1 aromatic rings. The van der Waals surface area contributed by atoms with Crippen LogP contribution in [0.5, 0.6) is 0 Å². The zero-order valence-electron chi connectivity index (χ0n) is 10.2. The van der Waals surface area contributed by atoms with Crippen LogP contribution in [0.2, 0.25) is 0 Å². The van der Waals surface area contributed by atoms with Crippen molar-refractivity contribution in [2.24, 2.45) is 5.73 Å². The number of nitrogens with two attached hydrogens (primary N) is 1. The highest BCUT2D eigenvalue weighted by molar-refractivity contribution is 9.10. The van der Waals surface area contributed by atoms with Gasteiger partial charge in [-0.3, -0.25) is 4.79 Å². The van der Waals surface area contributed by atoms with Gasteiger partial charge in [0.15, 0.2) is 0 Å². The van der Waals surface area contributed by atoms with Crippen molar-refractivity contribution in [3.8, 4) is 0 Å². The van der Waals surface area contributed by atoms with E-state index in [0.717, 1.165) is 4.47 Å². The van der Waals surface area contributed by atoms with Crippen molar-refractivity contribution in [3.63, 3.8) is 0 Å². The Morgan fingerprint density at radius 1 is 1.35 bits per heavy atom. The van der Waals surface area contributed by atoms with Gasteiger partial charge in [-0.25, -0.2) is 0 Å². The molecule has 0 bridgehead atoms. The lowest BCUT2D eigenvalue weighted by Crippen LogP contribution is -2.38. The Kier molecular flexibility index (Phi) is 5.65. The third-order valence-corrected chi connectivity index (χ3v) is 3.22. The lowest BCUT2D eigenvalue weighted by molar-refractivity contribution is -0.121. The molecule has 3 N–H and O–H groups in total. The van der Waals surface area contributed by atoms with E-state index in [9.17, 15) is 4.79 Å². The summed E-state index contributed by atoms with van der Waals surface area (Å²) in [6.07, 6.45) is 0.492. The molecular formula is C13H19BrN2O. The molecule has 0 heterocycles. The molecule has 0 aliphatic rings. The van der Waals surface area contributed by atoms with E-state index < -0.39 is 0 Å². The fraction of sp³-hybridized carbons (Fsp3) is 0.462. The summed E-state index contributed by atoms with van der Waals surface area (Å²) in [6, 6.07) is 8.10. The first-order chi connectivity index (χ1) is 8.02. The number of rotatable bonds is 5. The lowest BCUT2D eigenvalue weighted by Gasteiger charge is -2.15. The Morgan fingerprint density at radius 3 is 2.47 bits per heavy atom. The fourth-order valence-electron chi connectivity index (χ4n) is 1.58. The molecule has 0 saturated carbocycles. The Hall–Kier alpha value is -0.870. The van der Waals surface area contributed by atoms with Crippen LogP contribution in [0, 0.1) is 0 Å². The standard InChI is InChI=1S/C13H19BrN2O/c1-9(7-13(17)16-10(2)8-15)11-3-5-12(14)6-4-11/h3-6,9-10H,7-8,15H2,1-2H3,(H,16,17)/t9?,10-/m1/s1. The van der Waals surface area contributed by atoms with Crippen LogP contribution < -0.4 is 11.1 Å². The SMILES string of the molecule is CC(CC(=O)N[C@H](C)CN)c1ccc(Br)cc1. The smallest absolute Gasteiger partial charge is 0.220 e. The van der Waals surface area contributed by atoms with Gasteiger partial charge in [0, 0.05) is 23.5 Å². The molecular weight excluding hydrogens is 280 g/mol. The van der Waals surface area contributed by atoms with E-state index in [1.165, 1.54) is 5.56 Å². The number of carbonyl (C=O) groups is 1. The maximum atomic E-state index is 11.7. The van der Waals surface area contributed by atoms with Gasteiger partial charge in [0.1, 0.15) is 0 Å². The van der Waals surface area contributed by atoms with Gasteiger partial charge in [0.05, 0.1) is 0 Å². The maximum Gasteiger partial charge on any atom is 0.220 e. The van der Waals surface area contributed by atoms with E-state index in [2.05, 4.69) is 28.2 Å². The first-order valence-electron chi connectivity index (χ1n) is 5.77. The summed E-state index contributed by atoms with van der Waals surface area (Å²) in [4.78, 5) is 11.7. The molecule has 1 rings (SSSR count). The van der Waals surface area contributed by atoms with Crippen LogP contribution in [0.3, 0.4) is 0 Å². The molecule has 0 aliphatic carbocycles. The van der Waals surface area contributed by atoms with Crippen LogP contribution in [-0.2, 0) is 4.79 Å². The monoisotopic (exact) mass is 298 g/mol. The van der Waals surface area contributed by atoms with Crippen molar-refractivity contribution in [3.05, 3.63) is 34.3 Å². The van der Waals surface area contributed by atoms with Crippen molar-refractivity contribution in [2.75, 3.05) is 6.54 Å². The molecule has 94 valence electrons. The van der Waals surface area contributed by atoms with Crippen molar-refractivity contribution >= 4 is 21.8 Å². The minimum Gasteiger partial charge on any atom is -0.352 e. The minimum absolute atomic E-state index is 0.0413.